The van der Waals surface area contributed by atoms with Gasteiger partial charge in [0.1, 0.15) is 5.69 Å². The zero-order valence-electron chi connectivity index (χ0n) is 10.1. The maximum Gasteiger partial charge on any atom is 0.293 e. The number of carbonyl (C=O) groups is 1. The van der Waals surface area contributed by atoms with Gasteiger partial charge in [0.15, 0.2) is 5.78 Å². The van der Waals surface area contributed by atoms with E-state index in [4.69, 9.17) is 4.74 Å². The normalized spacial score (nSPS) is 15.5. The summed E-state index contributed by atoms with van der Waals surface area (Å²) >= 11 is 0. The van der Waals surface area contributed by atoms with E-state index in [0.29, 0.717) is 37.6 Å². The minimum absolute atomic E-state index is 0.0235. The van der Waals surface area contributed by atoms with Crippen LogP contribution in [0.2, 0.25) is 0 Å². The first-order chi connectivity index (χ1) is 8.59. The lowest BCUT2D eigenvalue weighted by Gasteiger charge is -2.28. The monoisotopic (exact) mass is 250 g/mol. The molecule has 2 rings (SSSR count). The third kappa shape index (κ3) is 2.48. The summed E-state index contributed by atoms with van der Waals surface area (Å²) < 4.78 is 5.22. The van der Waals surface area contributed by atoms with Crippen LogP contribution in [0.25, 0.3) is 0 Å². The molecule has 0 bridgehead atoms. The van der Waals surface area contributed by atoms with Crippen LogP contribution in [0.4, 0.5) is 11.4 Å². The molecule has 1 fully saturated rings. The van der Waals surface area contributed by atoms with Crippen LogP contribution in [0, 0.1) is 10.1 Å². The lowest BCUT2D eigenvalue weighted by Crippen LogP contribution is -2.36. The van der Waals surface area contributed by atoms with Crippen LogP contribution < -0.4 is 4.90 Å². The van der Waals surface area contributed by atoms with Crippen molar-refractivity contribution in [1.29, 1.82) is 0 Å². The van der Waals surface area contributed by atoms with Crippen LogP contribution in [0.3, 0.4) is 0 Å². The van der Waals surface area contributed by atoms with E-state index in [2.05, 4.69) is 0 Å². The summed E-state index contributed by atoms with van der Waals surface area (Å²) in [5.74, 6) is -0.174. The number of hydrogen-bond donors (Lipinski definition) is 0. The van der Waals surface area contributed by atoms with Crippen LogP contribution in [-0.4, -0.2) is 37.0 Å². The highest BCUT2D eigenvalue weighted by Gasteiger charge is 2.22. The first-order valence-corrected chi connectivity index (χ1v) is 5.71. The Balaban J connectivity index is 2.39. The fourth-order valence-electron chi connectivity index (χ4n) is 1.96. The first-order valence-electron chi connectivity index (χ1n) is 5.71. The number of anilines is 1. The number of ether oxygens (including phenoxy) is 1. The molecule has 0 aliphatic carbocycles. The molecule has 96 valence electrons. The predicted molar refractivity (Wildman–Crippen MR) is 66.1 cm³/mol. The van der Waals surface area contributed by atoms with Gasteiger partial charge in [-0.3, -0.25) is 14.9 Å². The van der Waals surface area contributed by atoms with Crippen molar-refractivity contribution < 1.29 is 14.5 Å². The van der Waals surface area contributed by atoms with Crippen molar-refractivity contribution in [1.82, 2.24) is 0 Å². The molecule has 1 aliphatic heterocycles. The van der Waals surface area contributed by atoms with Crippen molar-refractivity contribution in [2.45, 2.75) is 6.92 Å². The number of nitro benzene ring substituents is 1. The number of carbonyl (C=O) groups excluding carboxylic acids is 1. The van der Waals surface area contributed by atoms with Gasteiger partial charge in [-0.05, 0) is 19.1 Å². The molecule has 0 radical (unpaired) electrons. The number of nitrogens with zero attached hydrogens (tertiary/aromatic N) is 2. The van der Waals surface area contributed by atoms with E-state index in [1.54, 1.807) is 12.1 Å². The van der Waals surface area contributed by atoms with Gasteiger partial charge in [-0.1, -0.05) is 0 Å². The number of morpholine rings is 1. The van der Waals surface area contributed by atoms with Crippen LogP contribution >= 0.6 is 0 Å². The Morgan fingerprint density at radius 2 is 2.06 bits per heavy atom. The summed E-state index contributed by atoms with van der Waals surface area (Å²) in [6, 6.07) is 4.60. The van der Waals surface area contributed by atoms with Crippen LogP contribution in [0.5, 0.6) is 0 Å². The van der Waals surface area contributed by atoms with E-state index >= 15 is 0 Å². The Morgan fingerprint density at radius 1 is 1.39 bits per heavy atom. The topological polar surface area (TPSA) is 72.7 Å². The molecule has 0 saturated carbocycles. The van der Waals surface area contributed by atoms with Gasteiger partial charge in [-0.2, -0.15) is 0 Å². The average Bonchev–Trinajstić information content (AvgIpc) is 2.39. The Labute approximate surface area is 104 Å². The standard InChI is InChI=1S/C12H14N2O4/c1-9(15)10-2-3-11(12(8-10)14(16)17)13-4-6-18-7-5-13/h2-3,8H,4-7H2,1H3. The minimum atomic E-state index is -0.447. The summed E-state index contributed by atoms with van der Waals surface area (Å²) in [4.78, 5) is 23.8. The van der Waals surface area contributed by atoms with Crippen molar-refractivity contribution >= 4 is 17.2 Å². The van der Waals surface area contributed by atoms with E-state index in [1.165, 1.54) is 13.0 Å². The van der Waals surface area contributed by atoms with Gasteiger partial charge < -0.3 is 9.64 Å². The number of nitro groups is 1. The zero-order chi connectivity index (χ0) is 13.1. The molecule has 0 N–H and O–H groups in total. The fourth-order valence-corrected chi connectivity index (χ4v) is 1.96. The molecule has 1 saturated heterocycles. The van der Waals surface area contributed by atoms with Crippen molar-refractivity contribution in [2.24, 2.45) is 0 Å². The largest absolute Gasteiger partial charge is 0.378 e. The van der Waals surface area contributed by atoms with Crippen molar-refractivity contribution in [2.75, 3.05) is 31.2 Å². The molecule has 6 nitrogen and oxygen atoms in total. The quantitative estimate of drug-likeness (QED) is 0.463. The third-order valence-electron chi connectivity index (χ3n) is 2.93. The second-order valence-corrected chi connectivity index (χ2v) is 4.12. The molecule has 0 aromatic heterocycles. The molecule has 1 aromatic carbocycles. The van der Waals surface area contributed by atoms with Crippen LogP contribution in [0.15, 0.2) is 18.2 Å². The molecule has 18 heavy (non-hydrogen) atoms. The molecule has 0 spiro atoms. The average molecular weight is 250 g/mol. The highest BCUT2D eigenvalue weighted by molar-refractivity contribution is 5.95. The van der Waals surface area contributed by atoms with Gasteiger partial charge in [0.05, 0.1) is 18.1 Å². The molecule has 1 aliphatic rings. The highest BCUT2D eigenvalue weighted by Crippen LogP contribution is 2.29. The van der Waals surface area contributed by atoms with E-state index in [9.17, 15) is 14.9 Å². The molecule has 0 atom stereocenters. The molecule has 6 heteroatoms. The molecule has 1 heterocycles. The number of hydrogen-bond acceptors (Lipinski definition) is 5. The smallest absolute Gasteiger partial charge is 0.293 e. The Morgan fingerprint density at radius 3 is 2.61 bits per heavy atom. The van der Waals surface area contributed by atoms with Crippen LogP contribution in [0.1, 0.15) is 17.3 Å². The van der Waals surface area contributed by atoms with Crippen molar-refractivity contribution in [3.05, 3.63) is 33.9 Å². The predicted octanol–water partition coefficient (Wildman–Crippen LogP) is 1.63. The van der Waals surface area contributed by atoms with Gasteiger partial charge >= 0.3 is 0 Å². The van der Waals surface area contributed by atoms with Gasteiger partial charge in [-0.25, -0.2) is 0 Å². The summed E-state index contributed by atoms with van der Waals surface area (Å²) in [6.07, 6.45) is 0. The second-order valence-electron chi connectivity index (χ2n) is 4.12. The van der Waals surface area contributed by atoms with Gasteiger partial charge in [-0.15, -0.1) is 0 Å². The summed E-state index contributed by atoms with van der Waals surface area (Å²) in [6.45, 7) is 3.77. The van der Waals surface area contributed by atoms with E-state index in [1.807, 2.05) is 4.90 Å². The molecular formula is C12H14N2O4. The number of benzene rings is 1. The number of Topliss-reactive ketones (excluding diaryl/α,β-unsaturated/α-hetero) is 1. The minimum Gasteiger partial charge on any atom is -0.378 e. The molecule has 0 unspecified atom stereocenters. The number of rotatable bonds is 3. The van der Waals surface area contributed by atoms with Gasteiger partial charge in [0, 0.05) is 24.7 Å². The van der Waals surface area contributed by atoms with Crippen molar-refractivity contribution in [3.63, 3.8) is 0 Å². The highest BCUT2D eigenvalue weighted by atomic mass is 16.6. The second kappa shape index (κ2) is 5.14. The van der Waals surface area contributed by atoms with Crippen molar-refractivity contribution in [3.8, 4) is 0 Å². The van der Waals surface area contributed by atoms with E-state index in [0.717, 1.165) is 0 Å². The van der Waals surface area contributed by atoms with Crippen LogP contribution in [-0.2, 0) is 4.74 Å². The third-order valence-corrected chi connectivity index (χ3v) is 2.93. The molecular weight excluding hydrogens is 236 g/mol. The maximum absolute atomic E-state index is 11.3. The van der Waals surface area contributed by atoms with Gasteiger partial charge in [0.25, 0.3) is 5.69 Å². The Hall–Kier alpha value is -1.95. The Kier molecular flexibility index (Phi) is 3.57. The summed E-state index contributed by atoms with van der Waals surface area (Å²) in [7, 11) is 0. The summed E-state index contributed by atoms with van der Waals surface area (Å²) in [5.41, 5.74) is 0.886. The Bertz CT molecular complexity index is 481. The lowest BCUT2D eigenvalue weighted by molar-refractivity contribution is -0.384. The number of ketones is 1. The van der Waals surface area contributed by atoms with E-state index in [-0.39, 0.29) is 11.5 Å². The molecule has 0 amide bonds. The molecule has 1 aromatic rings. The first kappa shape index (κ1) is 12.5. The fraction of sp³-hybridized carbons (Fsp3) is 0.417. The van der Waals surface area contributed by atoms with E-state index < -0.39 is 4.92 Å². The zero-order valence-corrected chi connectivity index (χ0v) is 10.1. The SMILES string of the molecule is CC(=O)c1ccc(N2CCOCC2)c([N+](=O)[O-])c1. The maximum atomic E-state index is 11.3. The summed E-state index contributed by atoms with van der Waals surface area (Å²) in [5, 5.41) is 11.1. The lowest BCUT2D eigenvalue weighted by atomic mass is 10.1. The van der Waals surface area contributed by atoms with Gasteiger partial charge in [0.2, 0.25) is 0 Å².